The highest BCUT2D eigenvalue weighted by atomic mass is 15.3. The minimum atomic E-state index is 0.0782. The summed E-state index contributed by atoms with van der Waals surface area (Å²) < 4.78 is 2.16. The van der Waals surface area contributed by atoms with Crippen molar-refractivity contribution >= 4 is 0 Å². The summed E-state index contributed by atoms with van der Waals surface area (Å²) in [4.78, 5) is 0. The van der Waals surface area contributed by atoms with Crippen LogP contribution in [0.1, 0.15) is 69.4 Å². The van der Waals surface area contributed by atoms with Crippen LogP contribution in [0.15, 0.2) is 0 Å². The summed E-state index contributed by atoms with van der Waals surface area (Å²) in [5.74, 6) is 0.740. The summed E-state index contributed by atoms with van der Waals surface area (Å²) in [7, 11) is 0. The fourth-order valence-electron chi connectivity index (χ4n) is 2.71. The van der Waals surface area contributed by atoms with E-state index in [2.05, 4.69) is 37.5 Å². The predicted molar refractivity (Wildman–Crippen MR) is 77.6 cm³/mol. The molecule has 0 spiro atoms. The maximum absolute atomic E-state index is 6.02. The van der Waals surface area contributed by atoms with E-state index < -0.39 is 0 Å². The van der Waals surface area contributed by atoms with E-state index in [-0.39, 0.29) is 6.04 Å². The van der Waals surface area contributed by atoms with Crippen molar-refractivity contribution in [3.8, 4) is 0 Å². The van der Waals surface area contributed by atoms with Crippen molar-refractivity contribution in [2.75, 3.05) is 0 Å². The molecule has 0 radical (unpaired) electrons. The lowest BCUT2D eigenvalue weighted by molar-refractivity contribution is 0.367. The molecule has 1 aromatic heterocycles. The minimum Gasteiger partial charge on any atom is -0.324 e. The molecule has 0 aliphatic carbocycles. The van der Waals surface area contributed by atoms with Crippen LogP contribution in [-0.4, -0.2) is 9.78 Å². The summed E-state index contributed by atoms with van der Waals surface area (Å²) in [5.41, 5.74) is 9.58. The van der Waals surface area contributed by atoms with E-state index in [1.807, 2.05) is 6.92 Å². The van der Waals surface area contributed by atoms with Crippen LogP contribution in [0.4, 0.5) is 0 Å². The van der Waals surface area contributed by atoms with Crippen LogP contribution in [0.25, 0.3) is 0 Å². The van der Waals surface area contributed by atoms with Gasteiger partial charge in [0.15, 0.2) is 0 Å². The number of unbranched alkanes of at least 4 members (excludes halogenated alkanes) is 1. The molecule has 0 saturated heterocycles. The Hall–Kier alpha value is -0.830. The molecule has 0 fully saturated rings. The highest BCUT2D eigenvalue weighted by molar-refractivity contribution is 5.27. The first-order valence-electron chi connectivity index (χ1n) is 7.30. The molecule has 104 valence electrons. The Morgan fingerprint density at radius 2 is 1.94 bits per heavy atom. The monoisotopic (exact) mass is 251 g/mol. The van der Waals surface area contributed by atoms with Gasteiger partial charge in [0, 0.05) is 23.8 Å². The van der Waals surface area contributed by atoms with Gasteiger partial charge in [-0.3, -0.25) is 4.68 Å². The van der Waals surface area contributed by atoms with Gasteiger partial charge in [0.2, 0.25) is 0 Å². The molecular weight excluding hydrogens is 222 g/mol. The zero-order chi connectivity index (χ0) is 13.7. The van der Waals surface area contributed by atoms with Gasteiger partial charge >= 0.3 is 0 Å². The zero-order valence-corrected chi connectivity index (χ0v) is 12.7. The first-order chi connectivity index (χ1) is 8.51. The number of hydrogen-bond donors (Lipinski definition) is 1. The molecular formula is C15H29N3. The average Bonchev–Trinajstić information content (AvgIpc) is 2.59. The topological polar surface area (TPSA) is 43.8 Å². The van der Waals surface area contributed by atoms with E-state index in [4.69, 9.17) is 5.73 Å². The summed E-state index contributed by atoms with van der Waals surface area (Å²) in [6.45, 7) is 11.8. The van der Waals surface area contributed by atoms with Gasteiger partial charge in [-0.1, -0.05) is 33.1 Å². The molecule has 18 heavy (non-hydrogen) atoms. The molecule has 0 bridgehead atoms. The summed E-state index contributed by atoms with van der Waals surface area (Å²) in [6.07, 6.45) is 5.13. The molecule has 0 aliphatic heterocycles. The fourth-order valence-corrected chi connectivity index (χ4v) is 2.71. The lowest BCUT2D eigenvalue weighted by Crippen LogP contribution is -2.14. The van der Waals surface area contributed by atoms with E-state index in [0.29, 0.717) is 0 Å². The van der Waals surface area contributed by atoms with Crippen molar-refractivity contribution in [1.29, 1.82) is 0 Å². The van der Waals surface area contributed by atoms with E-state index in [1.165, 1.54) is 36.9 Å². The smallest absolute Gasteiger partial charge is 0.0644 e. The van der Waals surface area contributed by atoms with Crippen molar-refractivity contribution in [2.24, 2.45) is 11.7 Å². The Morgan fingerprint density at radius 1 is 1.28 bits per heavy atom. The van der Waals surface area contributed by atoms with Crippen molar-refractivity contribution in [2.45, 2.75) is 72.9 Å². The van der Waals surface area contributed by atoms with Crippen molar-refractivity contribution in [1.82, 2.24) is 9.78 Å². The SMILES string of the molecule is CCCCC(CC)Cn1nc(C)c(C(C)N)c1C. The number of nitrogens with two attached hydrogens (primary N) is 1. The Labute approximate surface area is 112 Å². The van der Waals surface area contributed by atoms with E-state index in [0.717, 1.165) is 18.2 Å². The second-order valence-electron chi connectivity index (χ2n) is 5.47. The van der Waals surface area contributed by atoms with Gasteiger partial charge < -0.3 is 5.73 Å². The van der Waals surface area contributed by atoms with Gasteiger partial charge in [0.1, 0.15) is 0 Å². The average molecular weight is 251 g/mol. The van der Waals surface area contributed by atoms with Crippen molar-refractivity contribution < 1.29 is 0 Å². The maximum atomic E-state index is 6.02. The quantitative estimate of drug-likeness (QED) is 0.802. The molecule has 0 amide bonds. The lowest BCUT2D eigenvalue weighted by atomic mass is 9.99. The van der Waals surface area contributed by atoms with Crippen molar-refractivity contribution in [3.63, 3.8) is 0 Å². The van der Waals surface area contributed by atoms with E-state index >= 15 is 0 Å². The fraction of sp³-hybridized carbons (Fsp3) is 0.800. The summed E-state index contributed by atoms with van der Waals surface area (Å²) in [6, 6.07) is 0.0782. The van der Waals surface area contributed by atoms with Gasteiger partial charge in [-0.15, -0.1) is 0 Å². The molecule has 2 atom stereocenters. The van der Waals surface area contributed by atoms with Gasteiger partial charge in [0.05, 0.1) is 5.69 Å². The Balaban J connectivity index is 2.80. The van der Waals surface area contributed by atoms with E-state index in [9.17, 15) is 0 Å². The molecule has 0 saturated carbocycles. The lowest BCUT2D eigenvalue weighted by Gasteiger charge is -2.16. The Bertz CT molecular complexity index is 366. The van der Waals surface area contributed by atoms with Gasteiger partial charge in [-0.25, -0.2) is 0 Å². The second-order valence-corrected chi connectivity index (χ2v) is 5.47. The highest BCUT2D eigenvalue weighted by Crippen LogP contribution is 2.22. The third-order valence-corrected chi connectivity index (χ3v) is 3.87. The first-order valence-corrected chi connectivity index (χ1v) is 7.30. The Morgan fingerprint density at radius 3 is 2.39 bits per heavy atom. The molecule has 3 nitrogen and oxygen atoms in total. The molecule has 1 heterocycles. The molecule has 1 rings (SSSR count). The summed E-state index contributed by atoms with van der Waals surface area (Å²) >= 11 is 0. The van der Waals surface area contributed by atoms with Crippen molar-refractivity contribution in [3.05, 3.63) is 17.0 Å². The molecule has 1 aromatic rings. The van der Waals surface area contributed by atoms with E-state index in [1.54, 1.807) is 0 Å². The molecule has 2 unspecified atom stereocenters. The van der Waals surface area contributed by atoms with Gasteiger partial charge in [-0.05, 0) is 33.1 Å². The van der Waals surface area contributed by atoms with Crippen LogP contribution in [0, 0.1) is 19.8 Å². The van der Waals surface area contributed by atoms with Crippen LogP contribution < -0.4 is 5.73 Å². The largest absolute Gasteiger partial charge is 0.324 e. The third kappa shape index (κ3) is 3.58. The maximum Gasteiger partial charge on any atom is 0.0644 e. The van der Waals surface area contributed by atoms with Crippen LogP contribution >= 0.6 is 0 Å². The molecule has 3 heteroatoms. The van der Waals surface area contributed by atoms with Crippen LogP contribution in [0.3, 0.4) is 0 Å². The standard InChI is InChI=1S/C15H29N3/c1-6-8-9-14(7-2)10-18-13(5)15(11(3)16)12(4)17-18/h11,14H,6-10,16H2,1-5H3. The predicted octanol–water partition coefficient (Wildman–Crippen LogP) is 3.74. The second kappa shape index (κ2) is 6.93. The zero-order valence-electron chi connectivity index (χ0n) is 12.7. The number of hydrogen-bond acceptors (Lipinski definition) is 2. The number of rotatable bonds is 7. The van der Waals surface area contributed by atoms with Gasteiger partial charge in [-0.2, -0.15) is 5.10 Å². The number of nitrogens with zero attached hydrogens (tertiary/aromatic N) is 2. The number of aryl methyl sites for hydroxylation is 1. The molecule has 0 aromatic carbocycles. The normalized spacial score (nSPS) is 14.8. The van der Waals surface area contributed by atoms with Crippen LogP contribution in [0.5, 0.6) is 0 Å². The van der Waals surface area contributed by atoms with Crippen LogP contribution in [0.2, 0.25) is 0 Å². The third-order valence-electron chi connectivity index (χ3n) is 3.87. The summed E-state index contributed by atoms with van der Waals surface area (Å²) in [5, 5.41) is 4.66. The highest BCUT2D eigenvalue weighted by Gasteiger charge is 2.16. The molecule has 2 N–H and O–H groups in total. The first kappa shape index (κ1) is 15.2. The number of aromatic nitrogens is 2. The minimum absolute atomic E-state index is 0.0782. The van der Waals surface area contributed by atoms with Gasteiger partial charge in [0.25, 0.3) is 0 Å². The Kier molecular flexibility index (Phi) is 5.86. The molecule has 0 aliphatic rings. The van der Waals surface area contributed by atoms with Crippen LogP contribution in [-0.2, 0) is 6.54 Å².